The van der Waals surface area contributed by atoms with E-state index in [1.807, 2.05) is 36.4 Å². The summed E-state index contributed by atoms with van der Waals surface area (Å²) < 4.78 is 2.31. The van der Waals surface area contributed by atoms with Crippen LogP contribution in [0.15, 0.2) is 109 Å². The lowest BCUT2D eigenvalue weighted by Crippen LogP contribution is -2.10. The Labute approximate surface area is 182 Å². The molecule has 5 aromatic rings. The summed E-state index contributed by atoms with van der Waals surface area (Å²) in [6.07, 6.45) is 2.70. The molecule has 3 heteroatoms. The van der Waals surface area contributed by atoms with Crippen molar-refractivity contribution in [3.05, 3.63) is 120 Å². The van der Waals surface area contributed by atoms with Crippen molar-refractivity contribution in [3.8, 4) is 5.69 Å². The minimum atomic E-state index is -0.102. The normalized spacial score (nSPS) is 13.0. The first-order valence-electron chi connectivity index (χ1n) is 10.6. The number of benzene rings is 4. The molecule has 0 bridgehead atoms. The molecule has 0 aliphatic rings. The molecule has 0 amide bonds. The molecule has 4 aromatic carbocycles. The second kappa shape index (κ2) is 8.13. The van der Waals surface area contributed by atoms with Gasteiger partial charge in [0.15, 0.2) is 0 Å². The fourth-order valence-electron chi connectivity index (χ4n) is 4.21. The van der Waals surface area contributed by atoms with Crippen molar-refractivity contribution in [2.45, 2.75) is 12.5 Å². The molecule has 0 unspecified atom stereocenters. The number of fused-ring (bicyclic) bond motifs is 3. The highest BCUT2D eigenvalue weighted by Gasteiger charge is 2.12. The molecule has 1 heterocycles. The average Bonchev–Trinajstić information content (AvgIpc) is 3.17. The monoisotopic (exact) mass is 403 g/mol. The molecule has 0 fully saturated rings. The van der Waals surface area contributed by atoms with E-state index in [4.69, 9.17) is 11.5 Å². The summed E-state index contributed by atoms with van der Waals surface area (Å²) in [6.45, 7) is 0. The van der Waals surface area contributed by atoms with Crippen LogP contribution in [0.5, 0.6) is 0 Å². The number of hydrogen-bond acceptors (Lipinski definition) is 2. The van der Waals surface area contributed by atoms with Crippen LogP contribution in [-0.4, -0.2) is 4.57 Å². The first-order valence-corrected chi connectivity index (χ1v) is 10.6. The van der Waals surface area contributed by atoms with Gasteiger partial charge in [0.1, 0.15) is 0 Å². The molecule has 0 aliphatic heterocycles. The van der Waals surface area contributed by atoms with E-state index in [-0.39, 0.29) is 6.04 Å². The number of para-hydroxylation sites is 2. The summed E-state index contributed by atoms with van der Waals surface area (Å²) in [5.41, 5.74) is 19.1. The van der Waals surface area contributed by atoms with Gasteiger partial charge in [-0.15, -0.1) is 0 Å². The predicted octanol–water partition coefficient (Wildman–Crippen LogP) is 6.17. The Kier molecular flexibility index (Phi) is 5.03. The summed E-state index contributed by atoms with van der Waals surface area (Å²) in [5.74, 6) is 0. The van der Waals surface area contributed by atoms with Crippen LogP contribution in [0.3, 0.4) is 0 Å². The number of hydrogen-bond donors (Lipinski definition) is 2. The lowest BCUT2D eigenvalue weighted by atomic mass is 10.0. The highest BCUT2D eigenvalue weighted by Crippen LogP contribution is 2.32. The summed E-state index contributed by atoms with van der Waals surface area (Å²) in [5, 5.41) is 2.53. The minimum Gasteiger partial charge on any atom is -0.399 e. The topological polar surface area (TPSA) is 57.0 Å². The molecule has 0 aliphatic carbocycles. The molecule has 0 spiro atoms. The molecule has 1 atom stereocenters. The van der Waals surface area contributed by atoms with Crippen molar-refractivity contribution in [1.29, 1.82) is 0 Å². The van der Waals surface area contributed by atoms with E-state index < -0.39 is 0 Å². The van der Waals surface area contributed by atoms with Crippen LogP contribution in [0, 0.1) is 0 Å². The van der Waals surface area contributed by atoms with Crippen molar-refractivity contribution in [2.75, 3.05) is 0 Å². The largest absolute Gasteiger partial charge is 0.399 e. The Morgan fingerprint density at radius 1 is 0.710 bits per heavy atom. The predicted molar refractivity (Wildman–Crippen MR) is 131 cm³/mol. The summed E-state index contributed by atoms with van der Waals surface area (Å²) in [6, 6.07) is 35.5. The lowest BCUT2D eigenvalue weighted by Gasteiger charge is -2.13. The third-order valence-corrected chi connectivity index (χ3v) is 5.86. The van der Waals surface area contributed by atoms with Crippen LogP contribution in [0.1, 0.15) is 23.6 Å². The average molecular weight is 404 g/mol. The molecule has 5 rings (SSSR count). The van der Waals surface area contributed by atoms with Crippen LogP contribution < -0.4 is 11.5 Å². The Morgan fingerprint density at radius 3 is 1.87 bits per heavy atom. The van der Waals surface area contributed by atoms with Crippen molar-refractivity contribution < 1.29 is 0 Å². The van der Waals surface area contributed by atoms with Crippen molar-refractivity contribution in [3.63, 3.8) is 0 Å². The molecular formula is C28H25N3. The molecule has 152 valence electrons. The molecule has 0 saturated carbocycles. The lowest BCUT2D eigenvalue weighted by molar-refractivity contribution is 0.741. The third kappa shape index (κ3) is 3.60. The van der Waals surface area contributed by atoms with Gasteiger partial charge in [0.05, 0.1) is 11.0 Å². The zero-order valence-corrected chi connectivity index (χ0v) is 17.3. The second-order valence-corrected chi connectivity index (χ2v) is 7.83. The van der Waals surface area contributed by atoms with Gasteiger partial charge in [-0.05, 0) is 41.8 Å². The quantitative estimate of drug-likeness (QED) is 0.368. The van der Waals surface area contributed by atoms with Gasteiger partial charge < -0.3 is 16.0 Å². The zero-order valence-electron chi connectivity index (χ0n) is 17.3. The van der Waals surface area contributed by atoms with Gasteiger partial charge in [-0.3, -0.25) is 0 Å². The van der Waals surface area contributed by atoms with Gasteiger partial charge in [0.25, 0.3) is 0 Å². The van der Waals surface area contributed by atoms with Gasteiger partial charge in [-0.2, -0.15) is 0 Å². The summed E-state index contributed by atoms with van der Waals surface area (Å²) >= 11 is 0. The number of nitrogens with zero attached hydrogens (tertiary/aromatic N) is 1. The van der Waals surface area contributed by atoms with E-state index in [2.05, 4.69) is 77.4 Å². The fraction of sp³-hybridized carbons (Fsp3) is 0.0714. The number of rotatable bonds is 5. The van der Waals surface area contributed by atoms with E-state index in [9.17, 15) is 0 Å². The summed E-state index contributed by atoms with van der Waals surface area (Å²) in [4.78, 5) is 0. The molecule has 31 heavy (non-hydrogen) atoms. The standard InChI is InChI=1S/C28H25N3/c29-25(20-8-2-1-3-9-20)18-19-26(30)21-14-16-22(17-15-21)31-27-12-6-4-10-23(27)24-11-5-7-13-28(24)31/h1-18,26H,19,29-30H2/b25-18-/t26-/m0/s1. The summed E-state index contributed by atoms with van der Waals surface area (Å²) in [7, 11) is 0. The van der Waals surface area contributed by atoms with Crippen molar-refractivity contribution in [1.82, 2.24) is 4.57 Å². The van der Waals surface area contributed by atoms with Crippen LogP contribution in [0.2, 0.25) is 0 Å². The Hall–Kier alpha value is -3.82. The van der Waals surface area contributed by atoms with Gasteiger partial charge in [0.2, 0.25) is 0 Å². The van der Waals surface area contributed by atoms with E-state index >= 15 is 0 Å². The van der Waals surface area contributed by atoms with E-state index in [0.29, 0.717) is 6.42 Å². The molecule has 4 N–H and O–H groups in total. The fourth-order valence-corrected chi connectivity index (χ4v) is 4.21. The van der Waals surface area contributed by atoms with Crippen LogP contribution >= 0.6 is 0 Å². The highest BCUT2D eigenvalue weighted by molar-refractivity contribution is 6.09. The maximum atomic E-state index is 6.46. The number of nitrogens with two attached hydrogens (primary N) is 2. The Balaban J connectivity index is 1.44. The molecule has 1 aromatic heterocycles. The first-order chi connectivity index (χ1) is 15.2. The van der Waals surface area contributed by atoms with Crippen LogP contribution in [-0.2, 0) is 0 Å². The molecular weight excluding hydrogens is 378 g/mol. The second-order valence-electron chi connectivity index (χ2n) is 7.83. The number of aromatic nitrogens is 1. The van der Waals surface area contributed by atoms with E-state index in [1.165, 1.54) is 21.8 Å². The maximum Gasteiger partial charge on any atom is 0.0541 e. The first kappa shape index (κ1) is 19.2. The van der Waals surface area contributed by atoms with Crippen molar-refractivity contribution in [2.24, 2.45) is 11.5 Å². The zero-order chi connectivity index (χ0) is 21.2. The smallest absolute Gasteiger partial charge is 0.0541 e. The van der Waals surface area contributed by atoms with Crippen LogP contribution in [0.25, 0.3) is 33.2 Å². The Bertz CT molecular complexity index is 1310. The van der Waals surface area contributed by atoms with E-state index in [0.717, 1.165) is 22.5 Å². The molecule has 0 radical (unpaired) electrons. The van der Waals surface area contributed by atoms with Crippen LogP contribution in [0.4, 0.5) is 0 Å². The van der Waals surface area contributed by atoms with Crippen molar-refractivity contribution >= 4 is 27.5 Å². The maximum absolute atomic E-state index is 6.46. The minimum absolute atomic E-state index is 0.102. The van der Waals surface area contributed by atoms with Gasteiger partial charge in [-0.25, -0.2) is 0 Å². The van der Waals surface area contributed by atoms with E-state index in [1.54, 1.807) is 0 Å². The van der Waals surface area contributed by atoms with Gasteiger partial charge in [-0.1, -0.05) is 84.9 Å². The van der Waals surface area contributed by atoms with Gasteiger partial charge in [0, 0.05) is 28.2 Å². The Morgan fingerprint density at radius 2 is 1.26 bits per heavy atom. The highest BCUT2D eigenvalue weighted by atomic mass is 15.0. The van der Waals surface area contributed by atoms with Gasteiger partial charge >= 0.3 is 0 Å². The SMILES string of the molecule is N/C(=C\C[C@H](N)c1ccc(-n2c3ccccc3c3ccccc32)cc1)c1ccccc1. The molecule has 0 saturated heterocycles. The third-order valence-electron chi connectivity index (χ3n) is 5.86. The molecule has 3 nitrogen and oxygen atoms in total.